The molecule has 1 saturated heterocycles. The van der Waals surface area contributed by atoms with Gasteiger partial charge in [0.25, 0.3) is 5.56 Å². The second kappa shape index (κ2) is 11.4. The molecule has 202 valence electrons. The SMILES string of the molecule is COc1ccc(C(O[C@H]2[C@@H](OC)[C@H](n3ccc(=O)[nH]c3=O)O[C@@H]2CO)(c2ccccc2)c2ccccc2)cc1. The highest BCUT2D eigenvalue weighted by Gasteiger charge is 2.52. The maximum Gasteiger partial charge on any atom is 0.330 e. The van der Waals surface area contributed by atoms with Crippen molar-refractivity contribution < 1.29 is 24.1 Å². The Morgan fingerprint density at radius 2 is 1.44 bits per heavy atom. The van der Waals surface area contributed by atoms with Crippen molar-refractivity contribution in [3.63, 3.8) is 0 Å². The second-order valence-electron chi connectivity index (χ2n) is 9.19. The molecule has 2 heterocycles. The van der Waals surface area contributed by atoms with Crippen LogP contribution < -0.4 is 16.0 Å². The molecule has 0 amide bonds. The third kappa shape index (κ3) is 4.93. The van der Waals surface area contributed by atoms with Crippen LogP contribution in [0, 0.1) is 0 Å². The van der Waals surface area contributed by atoms with E-state index in [9.17, 15) is 14.7 Å². The van der Waals surface area contributed by atoms with Gasteiger partial charge in [-0.1, -0.05) is 72.8 Å². The molecule has 4 atom stereocenters. The number of H-pyrrole nitrogens is 1. The first kappa shape index (κ1) is 26.6. The summed E-state index contributed by atoms with van der Waals surface area (Å²) in [6.07, 6.45) is -2.09. The van der Waals surface area contributed by atoms with E-state index < -0.39 is 41.4 Å². The van der Waals surface area contributed by atoms with Gasteiger partial charge in [-0.05, 0) is 28.8 Å². The average Bonchev–Trinajstić information content (AvgIpc) is 3.33. The Kier molecular flexibility index (Phi) is 7.76. The molecule has 0 radical (unpaired) electrons. The van der Waals surface area contributed by atoms with Crippen molar-refractivity contribution in [3.8, 4) is 5.75 Å². The van der Waals surface area contributed by atoms with Gasteiger partial charge < -0.3 is 24.1 Å². The summed E-state index contributed by atoms with van der Waals surface area (Å²) in [4.78, 5) is 26.6. The molecular formula is C30H30N2O7. The third-order valence-electron chi connectivity index (χ3n) is 7.03. The number of aliphatic hydroxyl groups is 1. The number of methoxy groups -OCH3 is 2. The molecule has 2 N–H and O–H groups in total. The summed E-state index contributed by atoms with van der Waals surface area (Å²) in [5.74, 6) is 0.693. The lowest BCUT2D eigenvalue weighted by Gasteiger charge is -2.40. The molecule has 9 heteroatoms. The predicted molar refractivity (Wildman–Crippen MR) is 144 cm³/mol. The first-order valence-corrected chi connectivity index (χ1v) is 12.6. The Morgan fingerprint density at radius 1 is 0.846 bits per heavy atom. The van der Waals surface area contributed by atoms with Crippen molar-refractivity contribution in [2.24, 2.45) is 0 Å². The van der Waals surface area contributed by atoms with Gasteiger partial charge in [-0.2, -0.15) is 0 Å². The summed E-state index contributed by atoms with van der Waals surface area (Å²) in [6, 6.07) is 28.4. The van der Waals surface area contributed by atoms with Crippen molar-refractivity contribution in [1.82, 2.24) is 9.55 Å². The summed E-state index contributed by atoms with van der Waals surface area (Å²) in [5, 5.41) is 10.4. The van der Waals surface area contributed by atoms with Crippen LogP contribution in [0.1, 0.15) is 22.9 Å². The summed E-state index contributed by atoms with van der Waals surface area (Å²) >= 11 is 0. The highest BCUT2D eigenvalue weighted by molar-refractivity contribution is 5.48. The van der Waals surface area contributed by atoms with Gasteiger partial charge in [-0.15, -0.1) is 0 Å². The topological polar surface area (TPSA) is 112 Å². The molecule has 9 nitrogen and oxygen atoms in total. The molecule has 1 fully saturated rings. The van der Waals surface area contributed by atoms with Crippen LogP contribution >= 0.6 is 0 Å². The molecule has 5 rings (SSSR count). The van der Waals surface area contributed by atoms with Crippen molar-refractivity contribution in [1.29, 1.82) is 0 Å². The standard InChI is InChI=1S/C30H30N2O7/c1-36-23-15-13-22(14-16-23)30(20-9-5-3-6-10-20,21-11-7-4-8-12-21)39-26-24(19-33)38-28(27(26)37-2)32-18-17-25(34)31-29(32)35/h3-18,24,26-28,33H,19H2,1-2H3,(H,31,34,35)/t24-,26-,27-,28-/m1/s1. The van der Waals surface area contributed by atoms with E-state index in [2.05, 4.69) is 4.98 Å². The molecule has 0 saturated carbocycles. The predicted octanol–water partition coefficient (Wildman–Crippen LogP) is 2.83. The molecule has 39 heavy (non-hydrogen) atoms. The van der Waals surface area contributed by atoms with E-state index in [0.29, 0.717) is 5.75 Å². The van der Waals surface area contributed by atoms with Gasteiger partial charge in [-0.25, -0.2) is 4.79 Å². The Morgan fingerprint density at radius 3 is 1.95 bits per heavy atom. The van der Waals surface area contributed by atoms with Gasteiger partial charge in [0.2, 0.25) is 0 Å². The van der Waals surface area contributed by atoms with Gasteiger partial charge in [-0.3, -0.25) is 14.3 Å². The number of aromatic nitrogens is 2. The van der Waals surface area contributed by atoms with E-state index in [1.807, 2.05) is 84.9 Å². The van der Waals surface area contributed by atoms with E-state index >= 15 is 0 Å². The van der Waals surface area contributed by atoms with Crippen LogP contribution in [0.15, 0.2) is 107 Å². The van der Waals surface area contributed by atoms with Gasteiger partial charge in [0.15, 0.2) is 6.23 Å². The van der Waals surface area contributed by atoms with Gasteiger partial charge in [0.1, 0.15) is 29.7 Å². The van der Waals surface area contributed by atoms with Gasteiger partial charge in [0.05, 0.1) is 13.7 Å². The highest BCUT2D eigenvalue weighted by Crippen LogP contribution is 2.45. The molecule has 1 aliphatic rings. The highest BCUT2D eigenvalue weighted by atomic mass is 16.6. The molecule has 0 bridgehead atoms. The maximum absolute atomic E-state index is 12.7. The van der Waals surface area contributed by atoms with E-state index in [1.165, 1.54) is 23.9 Å². The molecular weight excluding hydrogens is 500 g/mol. The van der Waals surface area contributed by atoms with Gasteiger partial charge in [0, 0.05) is 19.4 Å². The number of nitrogens with zero attached hydrogens (tertiary/aromatic N) is 1. The summed E-state index contributed by atoms with van der Waals surface area (Å²) in [5.41, 5.74) is 0.172. The van der Waals surface area contributed by atoms with Crippen LogP contribution in [-0.4, -0.2) is 53.8 Å². The van der Waals surface area contributed by atoms with Crippen molar-refractivity contribution >= 4 is 0 Å². The first-order valence-electron chi connectivity index (χ1n) is 12.6. The van der Waals surface area contributed by atoms with Crippen molar-refractivity contribution in [3.05, 3.63) is 135 Å². The molecule has 1 aromatic heterocycles. The fourth-order valence-corrected chi connectivity index (χ4v) is 5.18. The quantitative estimate of drug-likeness (QED) is 0.320. The van der Waals surface area contributed by atoms with E-state index in [0.717, 1.165) is 16.7 Å². The minimum absolute atomic E-state index is 0.387. The minimum atomic E-state index is -1.15. The summed E-state index contributed by atoms with van der Waals surface area (Å²) < 4.78 is 25.8. The van der Waals surface area contributed by atoms with E-state index in [1.54, 1.807) is 7.11 Å². The van der Waals surface area contributed by atoms with Crippen LogP contribution in [0.2, 0.25) is 0 Å². The summed E-state index contributed by atoms with van der Waals surface area (Å²) in [6.45, 7) is -0.387. The zero-order chi connectivity index (χ0) is 27.4. The molecule has 0 spiro atoms. The number of nitrogens with one attached hydrogen (secondary N) is 1. The molecule has 3 aromatic carbocycles. The number of aliphatic hydroxyl groups excluding tert-OH is 1. The fraction of sp³-hybridized carbons (Fsp3) is 0.267. The Labute approximate surface area is 225 Å². The van der Waals surface area contributed by atoms with Gasteiger partial charge >= 0.3 is 5.69 Å². The van der Waals surface area contributed by atoms with E-state index in [-0.39, 0.29) is 6.61 Å². The molecule has 0 unspecified atom stereocenters. The minimum Gasteiger partial charge on any atom is -0.497 e. The van der Waals surface area contributed by atoms with Crippen LogP contribution in [0.5, 0.6) is 5.75 Å². The summed E-state index contributed by atoms with van der Waals surface area (Å²) in [7, 11) is 3.10. The number of aromatic amines is 1. The van der Waals surface area contributed by atoms with Crippen molar-refractivity contribution in [2.75, 3.05) is 20.8 Å². The third-order valence-corrected chi connectivity index (χ3v) is 7.03. The number of hydrogen-bond acceptors (Lipinski definition) is 7. The molecule has 0 aliphatic carbocycles. The smallest absolute Gasteiger partial charge is 0.330 e. The van der Waals surface area contributed by atoms with E-state index in [4.69, 9.17) is 18.9 Å². The second-order valence-corrected chi connectivity index (χ2v) is 9.19. The zero-order valence-corrected chi connectivity index (χ0v) is 21.6. The Bertz CT molecular complexity index is 1450. The lowest BCUT2D eigenvalue weighted by Crippen LogP contribution is -2.46. The number of ether oxygens (including phenoxy) is 4. The molecule has 4 aromatic rings. The van der Waals surface area contributed by atoms with Crippen LogP contribution in [0.25, 0.3) is 0 Å². The fourth-order valence-electron chi connectivity index (χ4n) is 5.18. The Hall–Kier alpha value is -4.02. The zero-order valence-electron chi connectivity index (χ0n) is 21.6. The normalized spacial score (nSPS) is 21.1. The monoisotopic (exact) mass is 530 g/mol. The van der Waals surface area contributed by atoms with Crippen LogP contribution in [0.3, 0.4) is 0 Å². The number of rotatable bonds is 9. The van der Waals surface area contributed by atoms with Crippen molar-refractivity contribution in [2.45, 2.75) is 30.1 Å². The largest absolute Gasteiger partial charge is 0.497 e. The molecule has 1 aliphatic heterocycles. The maximum atomic E-state index is 12.7. The lowest BCUT2D eigenvalue weighted by molar-refractivity contribution is -0.118. The number of hydrogen-bond donors (Lipinski definition) is 2. The Balaban J connectivity index is 1.69. The first-order chi connectivity index (χ1) is 19.0. The van der Waals surface area contributed by atoms with Crippen LogP contribution in [-0.2, 0) is 19.8 Å². The van der Waals surface area contributed by atoms with Crippen LogP contribution in [0.4, 0.5) is 0 Å². The average molecular weight is 531 g/mol. The number of benzene rings is 3. The lowest BCUT2D eigenvalue weighted by atomic mass is 9.79.